The molecule has 0 atom stereocenters. The molecule has 1 aromatic heterocycles. The van der Waals surface area contributed by atoms with Gasteiger partial charge in [0.2, 0.25) is 0 Å². The molecule has 3 N–H and O–H groups in total. The predicted molar refractivity (Wildman–Crippen MR) is 55.8 cm³/mol. The second-order valence-corrected chi connectivity index (χ2v) is 3.73. The summed E-state index contributed by atoms with van der Waals surface area (Å²) in [4.78, 5) is 10.3. The first-order valence-electron chi connectivity index (χ1n) is 4.79. The second kappa shape index (κ2) is 3.79. The summed E-state index contributed by atoms with van der Waals surface area (Å²) in [6.45, 7) is 1.07. The van der Waals surface area contributed by atoms with Crippen LogP contribution in [0, 0.1) is 5.92 Å². The maximum absolute atomic E-state index is 5.27. The van der Waals surface area contributed by atoms with Crippen LogP contribution in [-0.4, -0.2) is 23.6 Å². The molecular weight excluding hydrogens is 178 g/mol. The molecule has 0 bridgehead atoms. The topological polar surface area (TPSA) is 67.1 Å². The average molecular weight is 193 g/mol. The molecule has 0 unspecified atom stereocenters. The Labute approximate surface area is 83.3 Å². The number of hydrogen-bond acceptors (Lipinski definition) is 5. The molecule has 1 fully saturated rings. The van der Waals surface area contributed by atoms with Gasteiger partial charge in [-0.25, -0.2) is 15.8 Å². The normalized spacial score (nSPS) is 15.3. The van der Waals surface area contributed by atoms with Crippen molar-refractivity contribution in [2.45, 2.75) is 12.8 Å². The van der Waals surface area contributed by atoms with Crippen molar-refractivity contribution in [2.24, 2.45) is 11.8 Å². The third-order valence-electron chi connectivity index (χ3n) is 2.42. The molecule has 0 amide bonds. The molecule has 0 aliphatic heterocycles. The Kier molecular flexibility index (Phi) is 2.49. The van der Waals surface area contributed by atoms with Gasteiger partial charge in [-0.05, 0) is 18.8 Å². The highest BCUT2D eigenvalue weighted by molar-refractivity contribution is 5.47. The van der Waals surface area contributed by atoms with E-state index in [1.54, 1.807) is 0 Å². The van der Waals surface area contributed by atoms with Crippen LogP contribution in [0.1, 0.15) is 12.8 Å². The van der Waals surface area contributed by atoms with Crippen LogP contribution >= 0.6 is 0 Å². The molecule has 1 aliphatic carbocycles. The third-order valence-corrected chi connectivity index (χ3v) is 2.42. The number of nitrogen functional groups attached to an aromatic ring is 1. The van der Waals surface area contributed by atoms with E-state index in [9.17, 15) is 0 Å². The minimum atomic E-state index is 0.651. The van der Waals surface area contributed by atoms with Gasteiger partial charge in [0, 0.05) is 19.7 Å². The fourth-order valence-electron chi connectivity index (χ4n) is 1.42. The van der Waals surface area contributed by atoms with Crippen molar-refractivity contribution < 1.29 is 0 Å². The van der Waals surface area contributed by atoms with E-state index in [0.29, 0.717) is 5.82 Å². The van der Waals surface area contributed by atoms with Crippen LogP contribution in [0.5, 0.6) is 0 Å². The molecule has 14 heavy (non-hydrogen) atoms. The van der Waals surface area contributed by atoms with Crippen molar-refractivity contribution in [3.05, 3.63) is 12.4 Å². The predicted octanol–water partition coefficient (Wildman–Crippen LogP) is 0.608. The fourth-order valence-corrected chi connectivity index (χ4v) is 1.42. The van der Waals surface area contributed by atoms with Gasteiger partial charge >= 0.3 is 0 Å². The molecule has 1 heterocycles. The van der Waals surface area contributed by atoms with Crippen LogP contribution in [0.4, 0.5) is 11.6 Å². The number of hydrogen-bond donors (Lipinski definition) is 2. The third kappa shape index (κ3) is 2.11. The van der Waals surface area contributed by atoms with Crippen LogP contribution in [0.15, 0.2) is 12.4 Å². The van der Waals surface area contributed by atoms with Gasteiger partial charge in [-0.1, -0.05) is 0 Å². The lowest BCUT2D eigenvalue weighted by atomic mass is 10.4. The van der Waals surface area contributed by atoms with Gasteiger partial charge in [0.1, 0.15) is 18.0 Å². The van der Waals surface area contributed by atoms with Crippen molar-refractivity contribution in [2.75, 3.05) is 23.9 Å². The summed E-state index contributed by atoms with van der Waals surface area (Å²) in [5.41, 5.74) is 2.51. The fraction of sp³-hybridized carbons (Fsp3) is 0.556. The molecule has 1 aliphatic rings. The van der Waals surface area contributed by atoms with E-state index in [4.69, 9.17) is 5.84 Å². The summed E-state index contributed by atoms with van der Waals surface area (Å²) in [5.74, 6) is 7.69. The van der Waals surface area contributed by atoms with E-state index in [-0.39, 0.29) is 0 Å². The van der Waals surface area contributed by atoms with Crippen LogP contribution < -0.4 is 16.2 Å². The number of aromatic nitrogens is 2. The van der Waals surface area contributed by atoms with E-state index in [1.165, 1.54) is 19.2 Å². The Balaban J connectivity index is 2.05. The van der Waals surface area contributed by atoms with Gasteiger partial charge in [0.05, 0.1) is 0 Å². The zero-order valence-corrected chi connectivity index (χ0v) is 8.27. The quantitative estimate of drug-likeness (QED) is 0.541. The summed E-state index contributed by atoms with van der Waals surface area (Å²) in [6, 6.07) is 1.85. The molecule has 5 nitrogen and oxygen atoms in total. The van der Waals surface area contributed by atoms with Crippen molar-refractivity contribution in [3.63, 3.8) is 0 Å². The van der Waals surface area contributed by atoms with Crippen LogP contribution in [0.2, 0.25) is 0 Å². The Morgan fingerprint density at radius 1 is 1.57 bits per heavy atom. The Bertz CT molecular complexity index is 310. The summed E-state index contributed by atoms with van der Waals surface area (Å²) in [7, 11) is 2.04. The maximum Gasteiger partial charge on any atom is 0.145 e. The molecule has 76 valence electrons. The number of nitrogens with two attached hydrogens (primary N) is 1. The van der Waals surface area contributed by atoms with E-state index in [1.807, 2.05) is 13.1 Å². The molecule has 0 radical (unpaired) electrons. The van der Waals surface area contributed by atoms with E-state index < -0.39 is 0 Å². The highest BCUT2D eigenvalue weighted by atomic mass is 15.3. The smallest absolute Gasteiger partial charge is 0.145 e. The molecule has 5 heteroatoms. The maximum atomic E-state index is 5.27. The second-order valence-electron chi connectivity index (χ2n) is 3.73. The lowest BCUT2D eigenvalue weighted by Crippen LogP contribution is -2.21. The lowest BCUT2D eigenvalue weighted by Gasteiger charge is -2.17. The first-order valence-corrected chi connectivity index (χ1v) is 4.79. The lowest BCUT2D eigenvalue weighted by molar-refractivity contribution is 0.775. The van der Waals surface area contributed by atoms with Crippen molar-refractivity contribution in [1.82, 2.24) is 9.97 Å². The average Bonchev–Trinajstić information content (AvgIpc) is 3.02. The first kappa shape index (κ1) is 9.21. The Morgan fingerprint density at radius 3 is 3.00 bits per heavy atom. The number of nitrogens with one attached hydrogen (secondary N) is 1. The SMILES string of the molecule is CN(CC1CC1)c1cc(NN)ncn1. The van der Waals surface area contributed by atoms with Crippen molar-refractivity contribution >= 4 is 11.6 Å². The van der Waals surface area contributed by atoms with E-state index >= 15 is 0 Å². The first-order chi connectivity index (χ1) is 6.79. The number of rotatable bonds is 4. The van der Waals surface area contributed by atoms with Crippen molar-refractivity contribution in [3.8, 4) is 0 Å². The number of nitrogens with zero attached hydrogens (tertiary/aromatic N) is 3. The molecule has 0 spiro atoms. The number of anilines is 2. The zero-order valence-electron chi connectivity index (χ0n) is 8.27. The van der Waals surface area contributed by atoms with Crippen molar-refractivity contribution in [1.29, 1.82) is 0 Å². The van der Waals surface area contributed by atoms with Gasteiger partial charge in [-0.3, -0.25) is 0 Å². The minimum Gasteiger partial charge on any atom is -0.359 e. The summed E-state index contributed by atoms with van der Waals surface area (Å²) >= 11 is 0. The highest BCUT2D eigenvalue weighted by Gasteiger charge is 2.23. The van der Waals surface area contributed by atoms with E-state index in [0.717, 1.165) is 18.3 Å². The van der Waals surface area contributed by atoms with Gasteiger partial charge in [-0.15, -0.1) is 0 Å². The summed E-state index contributed by atoms with van der Waals surface area (Å²) < 4.78 is 0. The number of hydrazine groups is 1. The van der Waals surface area contributed by atoms with Crippen LogP contribution in [0.25, 0.3) is 0 Å². The highest BCUT2D eigenvalue weighted by Crippen LogP contribution is 2.30. The minimum absolute atomic E-state index is 0.651. The zero-order chi connectivity index (χ0) is 9.97. The largest absolute Gasteiger partial charge is 0.359 e. The molecule has 0 saturated heterocycles. The van der Waals surface area contributed by atoms with Crippen LogP contribution in [0.3, 0.4) is 0 Å². The van der Waals surface area contributed by atoms with Gasteiger partial charge in [0.15, 0.2) is 0 Å². The van der Waals surface area contributed by atoms with Gasteiger partial charge in [0.25, 0.3) is 0 Å². The molecule has 1 saturated carbocycles. The molecule has 2 rings (SSSR count). The molecule has 0 aromatic carbocycles. The van der Waals surface area contributed by atoms with Gasteiger partial charge in [-0.2, -0.15) is 0 Å². The monoisotopic (exact) mass is 193 g/mol. The van der Waals surface area contributed by atoms with Crippen LogP contribution in [-0.2, 0) is 0 Å². The molecular formula is C9H15N5. The Morgan fingerprint density at radius 2 is 2.36 bits per heavy atom. The standard InChI is InChI=1S/C9H15N5/c1-14(5-7-2-3-7)9-4-8(13-10)11-6-12-9/h4,6-7H,2-3,5,10H2,1H3,(H,11,12,13). The van der Waals surface area contributed by atoms with Gasteiger partial charge < -0.3 is 10.3 Å². The summed E-state index contributed by atoms with van der Waals surface area (Å²) in [6.07, 6.45) is 4.21. The Hall–Kier alpha value is -1.36. The molecule has 1 aromatic rings. The summed E-state index contributed by atoms with van der Waals surface area (Å²) in [5, 5.41) is 0. The van der Waals surface area contributed by atoms with E-state index in [2.05, 4.69) is 20.3 Å².